The van der Waals surface area contributed by atoms with Crippen molar-refractivity contribution >= 4 is 7.48 Å². The number of hydrogen-bond donors (Lipinski definition) is 1. The van der Waals surface area contributed by atoms with Crippen LogP contribution in [0.5, 0.6) is 0 Å². The lowest BCUT2D eigenvalue weighted by molar-refractivity contribution is 0.341. The summed E-state index contributed by atoms with van der Waals surface area (Å²) in [5.41, 5.74) is 0. The van der Waals surface area contributed by atoms with E-state index in [1.54, 1.807) is 0 Å². The van der Waals surface area contributed by atoms with Crippen LogP contribution >= 0.6 is 0 Å². The van der Waals surface area contributed by atoms with Gasteiger partial charge in [0, 0.05) is 0 Å². The maximum absolute atomic E-state index is 5.08. The van der Waals surface area contributed by atoms with Crippen molar-refractivity contribution in [1.29, 1.82) is 0 Å². The van der Waals surface area contributed by atoms with Gasteiger partial charge in [0.2, 0.25) is 0 Å². The van der Waals surface area contributed by atoms with E-state index in [1.807, 2.05) is 0 Å². The molecule has 0 fully saturated rings. The van der Waals surface area contributed by atoms with E-state index in [0.717, 1.165) is 19.7 Å². The zero-order valence-corrected chi connectivity index (χ0v) is 10.6. The smallest absolute Gasteiger partial charge is 0.304 e. The zero-order valence-electron chi connectivity index (χ0n) is 10.6. The third kappa shape index (κ3) is 10.3. The first-order valence-corrected chi connectivity index (χ1v) is 6.66. The van der Waals surface area contributed by atoms with Crippen LogP contribution in [-0.4, -0.2) is 7.48 Å². The van der Waals surface area contributed by atoms with Crippen molar-refractivity contribution < 1.29 is 4.76 Å². The number of hydrogen-bond acceptors (Lipinski definition) is 2. The molecule has 0 saturated heterocycles. The fraction of sp³-hybridized carbons (Fsp3) is 1.00. The topological polar surface area (TPSA) is 35.2 Å². The molecular weight excluding hydrogens is 185 g/mol. The van der Waals surface area contributed by atoms with Crippen LogP contribution in [0, 0.1) is 5.92 Å². The van der Waals surface area contributed by atoms with Gasteiger partial charge >= 0.3 is 7.48 Å². The second-order valence-corrected chi connectivity index (χ2v) is 4.52. The summed E-state index contributed by atoms with van der Waals surface area (Å²) < 4.78 is 4.68. The normalized spacial score (nSPS) is 12.7. The Hall–Kier alpha value is -0.0151. The minimum absolute atomic E-state index is 0.724. The molecule has 2 N–H and O–H groups in total. The van der Waals surface area contributed by atoms with Crippen molar-refractivity contribution in [3.63, 3.8) is 0 Å². The Labute approximate surface area is 96.2 Å². The van der Waals surface area contributed by atoms with E-state index in [1.165, 1.54) is 51.4 Å². The highest BCUT2D eigenvalue weighted by Gasteiger charge is 2.08. The Morgan fingerprint density at radius 1 is 1.00 bits per heavy atom. The largest absolute Gasteiger partial charge is 0.371 e. The first-order chi connectivity index (χ1) is 7.35. The van der Waals surface area contributed by atoms with Crippen LogP contribution in [0.3, 0.4) is 0 Å². The van der Waals surface area contributed by atoms with Crippen LogP contribution in [0.1, 0.15) is 65.2 Å². The van der Waals surface area contributed by atoms with Gasteiger partial charge in [0.05, 0.1) is 0 Å². The van der Waals surface area contributed by atoms with Gasteiger partial charge in [-0.3, -0.25) is 0 Å². The molecule has 0 amide bonds. The molecule has 0 spiro atoms. The van der Waals surface area contributed by atoms with Gasteiger partial charge in [0.15, 0.2) is 0 Å². The maximum Gasteiger partial charge on any atom is 0.304 e. The maximum atomic E-state index is 5.08. The van der Waals surface area contributed by atoms with Crippen LogP contribution in [0.2, 0.25) is 6.32 Å². The third-order valence-corrected chi connectivity index (χ3v) is 3.08. The molecule has 1 unspecified atom stereocenters. The van der Waals surface area contributed by atoms with Gasteiger partial charge in [0.25, 0.3) is 0 Å². The summed E-state index contributed by atoms with van der Waals surface area (Å²) in [6, 6.07) is 0. The summed E-state index contributed by atoms with van der Waals surface area (Å²) in [6.45, 7) is 4.52. The molecule has 0 radical (unpaired) electrons. The summed E-state index contributed by atoms with van der Waals surface area (Å²) in [4.78, 5) is 0. The van der Waals surface area contributed by atoms with Crippen molar-refractivity contribution in [2.24, 2.45) is 11.8 Å². The highest BCUT2D eigenvalue weighted by Crippen LogP contribution is 2.20. The van der Waals surface area contributed by atoms with E-state index in [0.29, 0.717) is 0 Å². The highest BCUT2D eigenvalue weighted by molar-refractivity contribution is 6.26. The van der Waals surface area contributed by atoms with Crippen LogP contribution in [0.25, 0.3) is 0 Å². The SMILES string of the molecule is CCCCCCC(CBON)CCCC. The van der Waals surface area contributed by atoms with Crippen molar-refractivity contribution in [2.75, 3.05) is 0 Å². The summed E-state index contributed by atoms with van der Waals surface area (Å²) >= 11 is 0. The molecule has 0 bridgehead atoms. The Morgan fingerprint density at radius 2 is 1.67 bits per heavy atom. The molecule has 0 rings (SSSR count). The predicted molar refractivity (Wildman–Crippen MR) is 69.0 cm³/mol. The monoisotopic (exact) mass is 213 g/mol. The number of unbranched alkanes of at least 4 members (excludes halogenated alkanes) is 4. The fourth-order valence-electron chi connectivity index (χ4n) is 2.02. The van der Waals surface area contributed by atoms with Crippen LogP contribution in [0.15, 0.2) is 0 Å². The molecule has 0 aliphatic heterocycles. The van der Waals surface area contributed by atoms with E-state index in [4.69, 9.17) is 5.90 Å². The molecule has 90 valence electrons. The molecule has 0 aromatic rings. The Morgan fingerprint density at radius 3 is 2.27 bits per heavy atom. The van der Waals surface area contributed by atoms with Gasteiger partial charge in [-0.15, -0.1) is 0 Å². The summed E-state index contributed by atoms with van der Waals surface area (Å²) in [5, 5.41) is 0. The molecule has 2 nitrogen and oxygen atoms in total. The molecule has 0 aromatic carbocycles. The van der Waals surface area contributed by atoms with Crippen LogP contribution in [0.4, 0.5) is 0 Å². The van der Waals surface area contributed by atoms with Gasteiger partial charge in [-0.25, -0.2) is 5.90 Å². The Bertz CT molecular complexity index is 114. The summed E-state index contributed by atoms with van der Waals surface area (Å²) in [5.74, 6) is 5.92. The molecule has 0 saturated carbocycles. The molecule has 0 aromatic heterocycles. The van der Waals surface area contributed by atoms with Gasteiger partial charge in [-0.2, -0.15) is 0 Å². The number of rotatable bonds is 11. The molecule has 0 aliphatic carbocycles. The van der Waals surface area contributed by atoms with Crippen molar-refractivity contribution in [2.45, 2.75) is 71.5 Å². The lowest BCUT2D eigenvalue weighted by Crippen LogP contribution is -2.11. The Balaban J connectivity index is 3.49. The zero-order chi connectivity index (χ0) is 11.4. The van der Waals surface area contributed by atoms with Crippen molar-refractivity contribution in [3.8, 4) is 0 Å². The molecule has 0 heterocycles. The van der Waals surface area contributed by atoms with Gasteiger partial charge in [0.1, 0.15) is 0 Å². The molecule has 0 aliphatic rings. The van der Waals surface area contributed by atoms with Crippen LogP contribution in [-0.2, 0) is 4.76 Å². The number of nitrogens with two attached hydrogens (primary N) is 1. The van der Waals surface area contributed by atoms with E-state index in [2.05, 4.69) is 18.6 Å². The first-order valence-electron chi connectivity index (χ1n) is 6.66. The molecule has 15 heavy (non-hydrogen) atoms. The fourth-order valence-corrected chi connectivity index (χ4v) is 2.02. The average Bonchev–Trinajstić information content (AvgIpc) is 2.27. The Kier molecular flexibility index (Phi) is 12.0. The third-order valence-electron chi connectivity index (χ3n) is 3.08. The molecular formula is C12H28BNO. The molecule has 3 heteroatoms. The van der Waals surface area contributed by atoms with E-state index in [-0.39, 0.29) is 0 Å². The standard InChI is InChI=1S/C12H28BNO/c1-3-5-7-8-10-12(9-6-4-2)11-13-15-14/h12-13H,3-11,14H2,1-2H3. The summed E-state index contributed by atoms with van der Waals surface area (Å²) in [6.07, 6.45) is 12.0. The lowest BCUT2D eigenvalue weighted by atomic mass is 9.80. The second kappa shape index (κ2) is 12.1. The summed E-state index contributed by atoms with van der Waals surface area (Å²) in [7, 11) is 0.724. The van der Waals surface area contributed by atoms with Crippen LogP contribution < -0.4 is 5.90 Å². The second-order valence-electron chi connectivity index (χ2n) is 4.52. The first kappa shape index (κ1) is 15.0. The van der Waals surface area contributed by atoms with Gasteiger partial charge in [-0.1, -0.05) is 65.2 Å². The van der Waals surface area contributed by atoms with E-state index < -0.39 is 0 Å². The highest BCUT2D eigenvalue weighted by atomic mass is 16.6. The van der Waals surface area contributed by atoms with E-state index >= 15 is 0 Å². The van der Waals surface area contributed by atoms with Crippen molar-refractivity contribution in [1.82, 2.24) is 0 Å². The van der Waals surface area contributed by atoms with Gasteiger partial charge in [-0.05, 0) is 12.2 Å². The van der Waals surface area contributed by atoms with Gasteiger partial charge < -0.3 is 4.76 Å². The quantitative estimate of drug-likeness (QED) is 0.324. The molecule has 1 atom stereocenters. The average molecular weight is 213 g/mol. The minimum Gasteiger partial charge on any atom is -0.371 e. The van der Waals surface area contributed by atoms with Crippen molar-refractivity contribution in [3.05, 3.63) is 0 Å². The lowest BCUT2D eigenvalue weighted by Gasteiger charge is -2.15. The van der Waals surface area contributed by atoms with E-state index in [9.17, 15) is 0 Å². The minimum atomic E-state index is 0.724. The predicted octanol–water partition coefficient (Wildman–Crippen LogP) is 3.42.